The molecular formula is C27H27BrN4O2. The summed E-state index contributed by atoms with van der Waals surface area (Å²) in [5.41, 5.74) is 6.53. The molecule has 1 saturated heterocycles. The Balaban J connectivity index is 1.52. The first-order valence-electron chi connectivity index (χ1n) is 11.5. The molecule has 2 atom stereocenters. The van der Waals surface area contributed by atoms with E-state index in [4.69, 9.17) is 0 Å². The number of hydrogen-bond acceptors (Lipinski definition) is 3. The first-order valence-corrected chi connectivity index (χ1v) is 12.3. The number of halogens is 1. The molecule has 6 nitrogen and oxygen atoms in total. The van der Waals surface area contributed by atoms with Crippen molar-refractivity contribution in [3.8, 4) is 11.1 Å². The van der Waals surface area contributed by atoms with Crippen LogP contribution in [-0.2, 0) is 4.79 Å². The van der Waals surface area contributed by atoms with Crippen molar-refractivity contribution in [2.75, 3.05) is 18.4 Å². The smallest absolute Gasteiger partial charge is 0.256 e. The van der Waals surface area contributed by atoms with Gasteiger partial charge >= 0.3 is 0 Å². The summed E-state index contributed by atoms with van der Waals surface area (Å²) in [6.45, 7) is 7.47. The largest absolute Gasteiger partial charge is 0.361 e. The number of carbonyl (C=O) groups is 2. The monoisotopic (exact) mass is 518 g/mol. The normalized spacial score (nSPS) is 21.0. The predicted octanol–water partition coefficient (Wildman–Crippen LogP) is 5.07. The number of anilines is 1. The minimum absolute atomic E-state index is 0.0189. The summed E-state index contributed by atoms with van der Waals surface area (Å²) in [6.07, 6.45) is 3.62. The highest BCUT2D eigenvalue weighted by Crippen LogP contribution is 2.40. The second kappa shape index (κ2) is 8.89. The first kappa shape index (κ1) is 22.6. The van der Waals surface area contributed by atoms with E-state index < -0.39 is 0 Å². The highest BCUT2D eigenvalue weighted by atomic mass is 79.9. The molecule has 3 N–H and O–H groups in total. The summed E-state index contributed by atoms with van der Waals surface area (Å²) < 4.78 is 1.00. The van der Waals surface area contributed by atoms with Crippen molar-refractivity contribution < 1.29 is 9.59 Å². The van der Waals surface area contributed by atoms with E-state index in [1.165, 1.54) is 0 Å². The zero-order valence-corrected chi connectivity index (χ0v) is 21.0. The van der Waals surface area contributed by atoms with Gasteiger partial charge in [-0.1, -0.05) is 40.2 Å². The highest BCUT2D eigenvalue weighted by molar-refractivity contribution is 9.10. The van der Waals surface area contributed by atoms with Crippen molar-refractivity contribution in [3.63, 3.8) is 0 Å². The summed E-state index contributed by atoms with van der Waals surface area (Å²) in [4.78, 5) is 31.4. The average Bonchev–Trinajstić information content (AvgIpc) is 3.32. The van der Waals surface area contributed by atoms with Gasteiger partial charge in [0, 0.05) is 52.8 Å². The molecule has 1 fully saturated rings. The molecule has 2 amide bonds. The summed E-state index contributed by atoms with van der Waals surface area (Å²) in [5.74, 6) is -0.128. The zero-order chi connectivity index (χ0) is 24.0. The number of piperazine rings is 1. The number of nitrogens with one attached hydrogen (secondary N) is 3. The lowest BCUT2D eigenvalue weighted by Crippen LogP contribution is -2.55. The van der Waals surface area contributed by atoms with Crippen LogP contribution in [0.2, 0.25) is 0 Å². The molecule has 0 bridgehead atoms. The predicted molar refractivity (Wildman–Crippen MR) is 140 cm³/mol. The molecule has 2 aromatic carbocycles. The molecule has 5 rings (SSSR count). The number of aromatic amines is 1. The Labute approximate surface area is 207 Å². The van der Waals surface area contributed by atoms with E-state index in [0.717, 1.165) is 38.1 Å². The third kappa shape index (κ3) is 4.10. The van der Waals surface area contributed by atoms with Crippen molar-refractivity contribution in [3.05, 3.63) is 75.5 Å². The minimum atomic E-state index is -0.147. The fourth-order valence-corrected chi connectivity index (χ4v) is 5.21. The van der Waals surface area contributed by atoms with Gasteiger partial charge in [0.25, 0.3) is 11.8 Å². The van der Waals surface area contributed by atoms with Crippen LogP contribution in [0.5, 0.6) is 0 Å². The zero-order valence-electron chi connectivity index (χ0n) is 19.4. The summed E-state index contributed by atoms with van der Waals surface area (Å²) in [7, 11) is 0. The SMILES string of the molecule is Cc1c(C(=O)N2CC(C)NC(C)C2)c[nH]c1/C=C1\C(=O)Nc2cccc(-c3ccc(Br)cc3)c21. The van der Waals surface area contributed by atoms with Crippen molar-refractivity contribution in [2.24, 2.45) is 0 Å². The Morgan fingerprint density at radius 2 is 1.79 bits per heavy atom. The van der Waals surface area contributed by atoms with Gasteiger partial charge in [-0.3, -0.25) is 9.59 Å². The number of rotatable bonds is 3. The molecule has 1 aromatic heterocycles. The maximum atomic E-state index is 13.3. The average molecular weight is 519 g/mol. The number of carbonyl (C=O) groups excluding carboxylic acids is 2. The van der Waals surface area contributed by atoms with Crippen molar-refractivity contribution in [1.29, 1.82) is 0 Å². The molecular weight excluding hydrogens is 492 g/mol. The molecule has 0 aliphatic carbocycles. The van der Waals surface area contributed by atoms with Crippen molar-refractivity contribution >= 4 is 45.1 Å². The Kier molecular flexibility index (Phi) is 5.91. The van der Waals surface area contributed by atoms with Gasteiger partial charge in [-0.15, -0.1) is 0 Å². The Hall–Kier alpha value is -3.16. The topological polar surface area (TPSA) is 77.2 Å². The van der Waals surface area contributed by atoms with E-state index in [9.17, 15) is 9.59 Å². The van der Waals surface area contributed by atoms with Crippen LogP contribution >= 0.6 is 15.9 Å². The Morgan fingerprint density at radius 1 is 1.09 bits per heavy atom. The van der Waals surface area contributed by atoms with Crippen LogP contribution in [0.25, 0.3) is 22.8 Å². The van der Waals surface area contributed by atoms with E-state index in [0.29, 0.717) is 24.2 Å². The molecule has 0 spiro atoms. The molecule has 3 heterocycles. The van der Waals surface area contributed by atoms with Gasteiger partial charge in [0.05, 0.1) is 11.1 Å². The lowest BCUT2D eigenvalue weighted by molar-refractivity contribution is -0.110. The molecule has 2 aliphatic heterocycles. The number of benzene rings is 2. The van der Waals surface area contributed by atoms with Gasteiger partial charge in [-0.25, -0.2) is 0 Å². The maximum Gasteiger partial charge on any atom is 0.256 e. The second-order valence-electron chi connectivity index (χ2n) is 9.17. The fraction of sp³-hybridized carbons (Fsp3) is 0.259. The van der Waals surface area contributed by atoms with Crippen molar-refractivity contribution in [1.82, 2.24) is 15.2 Å². The van der Waals surface area contributed by atoms with Gasteiger partial charge in [0.15, 0.2) is 0 Å². The van der Waals surface area contributed by atoms with E-state index in [2.05, 4.69) is 45.4 Å². The first-order chi connectivity index (χ1) is 16.3. The quantitative estimate of drug-likeness (QED) is 0.423. The van der Waals surface area contributed by atoms with Crippen LogP contribution in [0, 0.1) is 6.92 Å². The number of fused-ring (bicyclic) bond motifs is 1. The number of nitrogens with zero attached hydrogens (tertiary/aromatic N) is 1. The molecule has 0 radical (unpaired) electrons. The summed E-state index contributed by atoms with van der Waals surface area (Å²) in [6, 6.07) is 14.5. The number of H-pyrrole nitrogens is 1. The fourth-order valence-electron chi connectivity index (χ4n) is 4.95. The maximum absolute atomic E-state index is 13.3. The number of aromatic nitrogens is 1. The van der Waals surface area contributed by atoms with Gasteiger partial charge in [0.2, 0.25) is 0 Å². The summed E-state index contributed by atoms with van der Waals surface area (Å²) in [5, 5.41) is 6.45. The van der Waals surface area contributed by atoms with E-state index in [1.807, 2.05) is 60.4 Å². The van der Waals surface area contributed by atoms with Crippen LogP contribution in [0.15, 0.2) is 53.1 Å². The molecule has 0 saturated carbocycles. The molecule has 174 valence electrons. The van der Waals surface area contributed by atoms with Crippen LogP contribution in [0.4, 0.5) is 5.69 Å². The third-order valence-corrected chi connectivity index (χ3v) is 7.05. The summed E-state index contributed by atoms with van der Waals surface area (Å²) >= 11 is 3.49. The Bertz CT molecular complexity index is 1300. The van der Waals surface area contributed by atoms with Gasteiger partial charge < -0.3 is 20.5 Å². The minimum Gasteiger partial charge on any atom is -0.361 e. The van der Waals surface area contributed by atoms with E-state index in [-0.39, 0.29) is 23.9 Å². The molecule has 3 aromatic rings. The number of hydrogen-bond donors (Lipinski definition) is 3. The molecule has 34 heavy (non-hydrogen) atoms. The van der Waals surface area contributed by atoms with Crippen LogP contribution in [-0.4, -0.2) is 46.9 Å². The lowest BCUT2D eigenvalue weighted by atomic mass is 9.94. The highest BCUT2D eigenvalue weighted by Gasteiger charge is 2.30. The number of amides is 2. The van der Waals surface area contributed by atoms with Gasteiger partial charge in [-0.2, -0.15) is 0 Å². The molecule has 2 aliphatic rings. The van der Waals surface area contributed by atoms with Crippen LogP contribution < -0.4 is 10.6 Å². The standard InChI is InChI=1S/C27H27BrN4O2/c1-15-13-32(14-16(2)30-15)27(34)22-12-29-24(17(22)3)11-21-25-20(18-7-9-19(28)10-8-18)5-4-6-23(25)31-26(21)33/h4-12,15-16,29-30H,13-14H2,1-3H3,(H,31,33)/b21-11-. The molecule has 7 heteroatoms. The van der Waals surface area contributed by atoms with E-state index in [1.54, 1.807) is 6.20 Å². The third-order valence-electron chi connectivity index (χ3n) is 6.53. The van der Waals surface area contributed by atoms with E-state index >= 15 is 0 Å². The van der Waals surface area contributed by atoms with Gasteiger partial charge in [0.1, 0.15) is 0 Å². The second-order valence-corrected chi connectivity index (χ2v) is 10.1. The Morgan fingerprint density at radius 3 is 2.50 bits per heavy atom. The van der Waals surface area contributed by atoms with Crippen LogP contribution in [0.1, 0.15) is 41.0 Å². The lowest BCUT2D eigenvalue weighted by Gasteiger charge is -2.36. The van der Waals surface area contributed by atoms with Crippen LogP contribution in [0.3, 0.4) is 0 Å². The van der Waals surface area contributed by atoms with Crippen molar-refractivity contribution in [2.45, 2.75) is 32.9 Å². The molecule has 2 unspecified atom stereocenters. The van der Waals surface area contributed by atoms with Gasteiger partial charge in [-0.05, 0) is 61.7 Å².